The molecule has 23 heavy (non-hydrogen) atoms. The molecule has 0 bridgehead atoms. The van der Waals surface area contributed by atoms with Crippen LogP contribution in [0.15, 0.2) is 23.2 Å². The first kappa shape index (κ1) is 19.1. The molecule has 1 N–H and O–H groups in total. The second kappa shape index (κ2) is 10.7. The fraction of sp³-hybridized carbons (Fsp3) is 0.588. The molecule has 0 aromatic heterocycles. The van der Waals surface area contributed by atoms with Gasteiger partial charge in [-0.05, 0) is 25.5 Å². The molecule has 0 aliphatic carbocycles. The minimum atomic E-state index is 0.698. The van der Waals surface area contributed by atoms with Gasteiger partial charge in [-0.2, -0.15) is 0 Å². The van der Waals surface area contributed by atoms with Crippen molar-refractivity contribution in [1.82, 2.24) is 10.2 Å². The molecule has 0 radical (unpaired) electrons. The maximum absolute atomic E-state index is 5.46. The Bertz CT molecular complexity index is 492. The lowest BCUT2D eigenvalue weighted by molar-refractivity contribution is 0.197. The number of guanidine groups is 1. The van der Waals surface area contributed by atoms with E-state index in [1.807, 2.05) is 25.2 Å². The van der Waals surface area contributed by atoms with Crippen molar-refractivity contribution in [2.45, 2.75) is 19.9 Å². The summed E-state index contributed by atoms with van der Waals surface area (Å²) >= 11 is 0. The molecule has 0 spiro atoms. The third-order valence-electron chi connectivity index (χ3n) is 3.37. The van der Waals surface area contributed by atoms with Crippen LogP contribution in [-0.4, -0.2) is 58.9 Å². The number of rotatable bonds is 9. The summed E-state index contributed by atoms with van der Waals surface area (Å²) in [5.41, 5.74) is 1.08. The molecule has 6 heteroatoms. The summed E-state index contributed by atoms with van der Waals surface area (Å²) in [6.45, 7) is 5.04. The van der Waals surface area contributed by atoms with Gasteiger partial charge in [0.05, 0.1) is 14.2 Å². The average molecular weight is 323 g/mol. The first-order chi connectivity index (χ1) is 11.2. The van der Waals surface area contributed by atoms with Crippen LogP contribution in [0.1, 0.15) is 18.9 Å². The number of hydrogen-bond donors (Lipinski definition) is 1. The van der Waals surface area contributed by atoms with Crippen molar-refractivity contribution in [3.05, 3.63) is 23.8 Å². The normalized spacial score (nSPS) is 11.3. The second-order valence-corrected chi connectivity index (χ2v) is 5.12. The van der Waals surface area contributed by atoms with E-state index in [9.17, 15) is 0 Å². The third kappa shape index (κ3) is 6.36. The van der Waals surface area contributed by atoms with Gasteiger partial charge in [0.2, 0.25) is 0 Å². The smallest absolute Gasteiger partial charge is 0.193 e. The molecule has 1 rings (SSSR count). The molecule has 6 nitrogen and oxygen atoms in total. The SMILES string of the molecule is CCNC(=NCCCOC)N(C)Cc1ccc(OC)cc1OC. The number of methoxy groups -OCH3 is 3. The number of aliphatic imine (C=N–C) groups is 1. The molecule has 0 saturated heterocycles. The zero-order valence-electron chi connectivity index (χ0n) is 14.9. The van der Waals surface area contributed by atoms with Crippen LogP contribution in [-0.2, 0) is 11.3 Å². The molecule has 1 aromatic carbocycles. The summed E-state index contributed by atoms with van der Waals surface area (Å²) in [5.74, 6) is 2.47. The highest BCUT2D eigenvalue weighted by Gasteiger charge is 2.11. The van der Waals surface area contributed by atoms with E-state index in [-0.39, 0.29) is 0 Å². The number of nitrogens with zero attached hydrogens (tertiary/aromatic N) is 2. The number of ether oxygens (including phenoxy) is 3. The Morgan fingerprint density at radius 1 is 1.22 bits per heavy atom. The number of nitrogens with one attached hydrogen (secondary N) is 1. The summed E-state index contributed by atoms with van der Waals surface area (Å²) in [7, 11) is 7.04. The molecule has 1 aromatic rings. The lowest BCUT2D eigenvalue weighted by atomic mass is 10.2. The summed E-state index contributed by atoms with van der Waals surface area (Å²) < 4.78 is 15.8. The predicted octanol–water partition coefficient (Wildman–Crippen LogP) is 2.14. The molecular weight excluding hydrogens is 294 g/mol. The molecule has 0 aliphatic heterocycles. The highest BCUT2D eigenvalue weighted by atomic mass is 16.5. The Kier molecular flexibility index (Phi) is 8.90. The van der Waals surface area contributed by atoms with E-state index >= 15 is 0 Å². The minimum absolute atomic E-state index is 0.698. The molecular formula is C17H29N3O3. The van der Waals surface area contributed by atoms with Gasteiger partial charge in [-0.3, -0.25) is 4.99 Å². The fourth-order valence-corrected chi connectivity index (χ4v) is 2.18. The lowest BCUT2D eigenvalue weighted by Crippen LogP contribution is -2.38. The maximum Gasteiger partial charge on any atom is 0.193 e. The van der Waals surface area contributed by atoms with Gasteiger partial charge >= 0.3 is 0 Å². The first-order valence-electron chi connectivity index (χ1n) is 7.85. The van der Waals surface area contributed by atoms with E-state index in [1.165, 1.54) is 0 Å². The topological polar surface area (TPSA) is 55.3 Å². The molecule has 0 fully saturated rings. The van der Waals surface area contributed by atoms with Crippen molar-refractivity contribution in [2.75, 3.05) is 48.1 Å². The van der Waals surface area contributed by atoms with E-state index < -0.39 is 0 Å². The number of hydrogen-bond acceptors (Lipinski definition) is 4. The van der Waals surface area contributed by atoms with Gasteiger partial charge in [-0.25, -0.2) is 0 Å². The fourth-order valence-electron chi connectivity index (χ4n) is 2.18. The van der Waals surface area contributed by atoms with Crippen LogP contribution in [0.4, 0.5) is 0 Å². The standard InChI is InChI=1S/C17H29N3O3/c1-6-18-17(19-10-7-11-21-3)20(2)13-14-8-9-15(22-4)12-16(14)23-5/h8-9,12H,6-7,10-11,13H2,1-5H3,(H,18,19). The van der Waals surface area contributed by atoms with Gasteiger partial charge in [-0.15, -0.1) is 0 Å². The first-order valence-corrected chi connectivity index (χ1v) is 7.85. The van der Waals surface area contributed by atoms with Crippen LogP contribution in [0.3, 0.4) is 0 Å². The molecule has 0 atom stereocenters. The van der Waals surface area contributed by atoms with Gasteiger partial charge in [0, 0.05) is 52.0 Å². The Hall–Kier alpha value is -1.95. The van der Waals surface area contributed by atoms with Crippen molar-refractivity contribution >= 4 is 5.96 Å². The molecule has 0 aliphatic rings. The lowest BCUT2D eigenvalue weighted by Gasteiger charge is -2.23. The summed E-state index contributed by atoms with van der Waals surface area (Å²) in [4.78, 5) is 6.71. The van der Waals surface area contributed by atoms with E-state index in [2.05, 4.69) is 22.1 Å². The van der Waals surface area contributed by atoms with Crippen LogP contribution in [0, 0.1) is 0 Å². The zero-order valence-corrected chi connectivity index (χ0v) is 14.9. The van der Waals surface area contributed by atoms with Crippen LogP contribution in [0.25, 0.3) is 0 Å². The van der Waals surface area contributed by atoms with E-state index in [0.717, 1.165) is 49.1 Å². The van der Waals surface area contributed by atoms with E-state index in [0.29, 0.717) is 6.54 Å². The van der Waals surface area contributed by atoms with Crippen molar-refractivity contribution < 1.29 is 14.2 Å². The summed E-state index contributed by atoms with van der Waals surface area (Å²) in [5, 5.41) is 3.31. The van der Waals surface area contributed by atoms with Crippen LogP contribution >= 0.6 is 0 Å². The third-order valence-corrected chi connectivity index (χ3v) is 3.37. The van der Waals surface area contributed by atoms with Crippen molar-refractivity contribution in [3.8, 4) is 11.5 Å². The Labute approximate surface area is 139 Å². The second-order valence-electron chi connectivity index (χ2n) is 5.12. The van der Waals surface area contributed by atoms with Crippen LogP contribution in [0.2, 0.25) is 0 Å². The van der Waals surface area contributed by atoms with Crippen molar-refractivity contribution in [1.29, 1.82) is 0 Å². The highest BCUT2D eigenvalue weighted by Crippen LogP contribution is 2.25. The highest BCUT2D eigenvalue weighted by molar-refractivity contribution is 5.79. The Balaban J connectivity index is 2.79. The molecule has 0 unspecified atom stereocenters. The number of benzene rings is 1. The summed E-state index contributed by atoms with van der Waals surface area (Å²) in [6, 6.07) is 5.85. The zero-order chi connectivity index (χ0) is 17.1. The molecule has 0 saturated carbocycles. The van der Waals surface area contributed by atoms with Crippen molar-refractivity contribution in [3.63, 3.8) is 0 Å². The van der Waals surface area contributed by atoms with E-state index in [4.69, 9.17) is 14.2 Å². The minimum Gasteiger partial charge on any atom is -0.497 e. The van der Waals surface area contributed by atoms with Crippen LogP contribution in [0.5, 0.6) is 11.5 Å². The summed E-state index contributed by atoms with van der Waals surface area (Å²) in [6.07, 6.45) is 0.908. The predicted molar refractivity (Wildman–Crippen MR) is 93.5 cm³/mol. The molecule has 0 amide bonds. The average Bonchev–Trinajstić information content (AvgIpc) is 2.57. The Morgan fingerprint density at radius 3 is 2.61 bits per heavy atom. The van der Waals surface area contributed by atoms with Crippen LogP contribution < -0.4 is 14.8 Å². The van der Waals surface area contributed by atoms with Gasteiger partial charge in [0.1, 0.15) is 11.5 Å². The van der Waals surface area contributed by atoms with Gasteiger partial charge < -0.3 is 24.4 Å². The largest absolute Gasteiger partial charge is 0.497 e. The quantitative estimate of drug-likeness (QED) is 0.429. The molecule has 130 valence electrons. The van der Waals surface area contributed by atoms with Crippen molar-refractivity contribution in [2.24, 2.45) is 4.99 Å². The van der Waals surface area contributed by atoms with Gasteiger partial charge in [0.15, 0.2) is 5.96 Å². The Morgan fingerprint density at radius 2 is 2.00 bits per heavy atom. The van der Waals surface area contributed by atoms with Gasteiger partial charge in [0.25, 0.3) is 0 Å². The molecule has 0 heterocycles. The maximum atomic E-state index is 5.46. The van der Waals surface area contributed by atoms with E-state index in [1.54, 1.807) is 21.3 Å². The monoisotopic (exact) mass is 323 g/mol. The van der Waals surface area contributed by atoms with Gasteiger partial charge in [-0.1, -0.05) is 0 Å².